The van der Waals surface area contributed by atoms with Crippen molar-refractivity contribution in [2.24, 2.45) is 0 Å². The van der Waals surface area contributed by atoms with E-state index in [-0.39, 0.29) is 0 Å². The van der Waals surface area contributed by atoms with Gasteiger partial charge in [0.2, 0.25) is 0 Å². The van der Waals surface area contributed by atoms with Crippen LogP contribution in [0.5, 0.6) is 0 Å². The highest BCUT2D eigenvalue weighted by Crippen LogP contribution is 2.39. The Balaban J connectivity index is 1.19. The van der Waals surface area contributed by atoms with Gasteiger partial charge in [-0.25, -0.2) is 15.0 Å². The van der Waals surface area contributed by atoms with Crippen molar-refractivity contribution in [3.05, 3.63) is 182 Å². The van der Waals surface area contributed by atoms with E-state index in [0.29, 0.717) is 0 Å². The first-order valence-corrected chi connectivity index (χ1v) is 17.2. The lowest BCUT2D eigenvalue weighted by Crippen LogP contribution is -1.98. The molecule has 0 bridgehead atoms. The maximum absolute atomic E-state index is 5.35. The summed E-state index contributed by atoms with van der Waals surface area (Å²) in [6, 6.07) is 63.7. The molecule has 0 N–H and O–H groups in total. The van der Waals surface area contributed by atoms with Crippen LogP contribution < -0.4 is 0 Å². The summed E-state index contributed by atoms with van der Waals surface area (Å²) in [6.07, 6.45) is 0. The Kier molecular flexibility index (Phi) is 6.78. The van der Waals surface area contributed by atoms with Crippen molar-refractivity contribution in [1.29, 1.82) is 0 Å². The molecule has 4 nitrogen and oxygen atoms in total. The largest absolute Gasteiger partial charge is 0.292 e. The molecule has 0 aliphatic carbocycles. The zero-order chi connectivity index (χ0) is 33.7. The summed E-state index contributed by atoms with van der Waals surface area (Å²) in [6.45, 7) is 0. The van der Waals surface area contributed by atoms with Crippen LogP contribution in [0.4, 0.5) is 0 Å². The van der Waals surface area contributed by atoms with Crippen molar-refractivity contribution in [2.75, 3.05) is 0 Å². The Bertz CT molecular complexity index is 2900. The average Bonchev–Trinajstić information content (AvgIpc) is 3.61. The number of benzene rings is 7. The molecule has 3 aromatic heterocycles. The van der Waals surface area contributed by atoms with Gasteiger partial charge in [0.25, 0.3) is 0 Å². The lowest BCUT2D eigenvalue weighted by atomic mass is 9.95. The lowest BCUT2D eigenvalue weighted by Gasteiger charge is -2.15. The molecule has 0 amide bonds. The molecule has 0 unspecified atom stereocenters. The molecule has 51 heavy (non-hydrogen) atoms. The zero-order valence-corrected chi connectivity index (χ0v) is 27.6. The highest BCUT2D eigenvalue weighted by atomic mass is 15.1. The van der Waals surface area contributed by atoms with Gasteiger partial charge in [-0.1, -0.05) is 140 Å². The van der Waals surface area contributed by atoms with Crippen molar-refractivity contribution < 1.29 is 0 Å². The van der Waals surface area contributed by atoms with E-state index in [1.54, 1.807) is 0 Å². The molecule has 0 saturated heterocycles. The van der Waals surface area contributed by atoms with Gasteiger partial charge in [-0.15, -0.1) is 0 Å². The van der Waals surface area contributed by atoms with Crippen molar-refractivity contribution >= 4 is 43.6 Å². The standard InChI is InChI=1S/C47H30N4/c1-4-13-31(14-5-1)40-27-24-33-23-26-38-39-30-36(25-28-41(39)49-45(44(38)46(33)48-40)32-15-6-2-7-16-32)35-19-12-20-37(29-35)51-43-22-11-10-21-42(43)50-47(51)34-17-8-3-9-18-34/h1-30H. The molecule has 10 rings (SSSR count). The predicted molar refractivity (Wildman–Crippen MR) is 211 cm³/mol. The predicted octanol–water partition coefficient (Wildman–Crippen LogP) is 11.9. The minimum absolute atomic E-state index is 0.922. The topological polar surface area (TPSA) is 43.6 Å². The smallest absolute Gasteiger partial charge is 0.145 e. The van der Waals surface area contributed by atoms with Crippen LogP contribution in [0, 0.1) is 0 Å². The van der Waals surface area contributed by atoms with Gasteiger partial charge in [0.05, 0.1) is 33.5 Å². The highest BCUT2D eigenvalue weighted by molar-refractivity contribution is 6.20. The molecule has 0 aliphatic rings. The number of imidazole rings is 1. The Morgan fingerprint density at radius 1 is 0.392 bits per heavy atom. The summed E-state index contributed by atoms with van der Waals surface area (Å²) in [4.78, 5) is 15.7. The number of pyridine rings is 2. The molecule has 0 fully saturated rings. The molecule has 0 saturated carbocycles. The van der Waals surface area contributed by atoms with Gasteiger partial charge >= 0.3 is 0 Å². The van der Waals surface area contributed by atoms with Gasteiger partial charge in [-0.3, -0.25) is 4.57 Å². The Morgan fingerprint density at radius 2 is 1.06 bits per heavy atom. The normalized spacial score (nSPS) is 11.5. The highest BCUT2D eigenvalue weighted by Gasteiger charge is 2.18. The second-order valence-electron chi connectivity index (χ2n) is 12.9. The number of nitrogens with zero attached hydrogens (tertiary/aromatic N) is 4. The third kappa shape index (κ3) is 4.96. The average molecular weight is 651 g/mol. The molecule has 0 radical (unpaired) electrons. The van der Waals surface area contributed by atoms with Crippen molar-refractivity contribution in [3.63, 3.8) is 0 Å². The van der Waals surface area contributed by atoms with E-state index in [4.69, 9.17) is 15.0 Å². The van der Waals surface area contributed by atoms with Crippen LogP contribution in [0.3, 0.4) is 0 Å². The summed E-state index contributed by atoms with van der Waals surface area (Å²) in [5.74, 6) is 0.922. The molecule has 10 aromatic rings. The van der Waals surface area contributed by atoms with E-state index in [0.717, 1.165) is 94.3 Å². The van der Waals surface area contributed by atoms with E-state index in [9.17, 15) is 0 Å². The summed E-state index contributed by atoms with van der Waals surface area (Å²) >= 11 is 0. The quantitative estimate of drug-likeness (QED) is 0.174. The van der Waals surface area contributed by atoms with Gasteiger partial charge in [0, 0.05) is 38.5 Å². The molecule has 0 atom stereocenters. The van der Waals surface area contributed by atoms with E-state index in [1.165, 1.54) is 0 Å². The zero-order valence-electron chi connectivity index (χ0n) is 27.6. The summed E-state index contributed by atoms with van der Waals surface area (Å²) in [5, 5.41) is 4.38. The van der Waals surface area contributed by atoms with Crippen LogP contribution in [0.2, 0.25) is 0 Å². The van der Waals surface area contributed by atoms with Crippen LogP contribution in [0.15, 0.2) is 182 Å². The number of hydrogen-bond donors (Lipinski definition) is 0. The Hall–Kier alpha value is -6.91. The van der Waals surface area contributed by atoms with Crippen LogP contribution in [0.25, 0.3) is 94.3 Å². The summed E-state index contributed by atoms with van der Waals surface area (Å²) in [7, 11) is 0. The third-order valence-electron chi connectivity index (χ3n) is 9.77. The van der Waals surface area contributed by atoms with Crippen LogP contribution >= 0.6 is 0 Å². The first kappa shape index (κ1) is 29.0. The SMILES string of the molecule is c1ccc(-c2ccc3ccc4c5cc(-c6cccc(-n7c(-c8ccccc8)nc8ccccc87)c6)ccc5nc(-c5ccccc5)c4c3n2)cc1. The molecular weight excluding hydrogens is 621 g/mol. The fourth-order valence-corrected chi connectivity index (χ4v) is 7.33. The maximum atomic E-state index is 5.35. The third-order valence-corrected chi connectivity index (χ3v) is 9.77. The molecule has 0 aliphatic heterocycles. The van der Waals surface area contributed by atoms with Crippen molar-refractivity contribution in [3.8, 4) is 50.7 Å². The first-order chi connectivity index (χ1) is 25.3. The van der Waals surface area contributed by atoms with Gasteiger partial charge in [-0.2, -0.15) is 0 Å². The Morgan fingerprint density at radius 3 is 1.86 bits per heavy atom. The fraction of sp³-hybridized carbons (Fsp3) is 0. The minimum atomic E-state index is 0.922. The molecule has 7 aromatic carbocycles. The number of fused-ring (bicyclic) bond motifs is 6. The monoisotopic (exact) mass is 650 g/mol. The Labute approximate surface area is 295 Å². The number of hydrogen-bond acceptors (Lipinski definition) is 3. The van der Waals surface area contributed by atoms with Gasteiger partial charge in [-0.05, 0) is 59.0 Å². The minimum Gasteiger partial charge on any atom is -0.292 e. The molecule has 4 heteroatoms. The van der Waals surface area contributed by atoms with Crippen molar-refractivity contribution in [2.45, 2.75) is 0 Å². The summed E-state index contributed by atoms with van der Waals surface area (Å²) in [5.41, 5.74) is 12.4. The van der Waals surface area contributed by atoms with Crippen LogP contribution in [0.1, 0.15) is 0 Å². The van der Waals surface area contributed by atoms with E-state index >= 15 is 0 Å². The molecule has 0 spiro atoms. The van der Waals surface area contributed by atoms with E-state index in [2.05, 4.69) is 162 Å². The number of rotatable bonds is 5. The second kappa shape index (κ2) is 11.9. The van der Waals surface area contributed by atoms with Gasteiger partial charge in [0.15, 0.2) is 0 Å². The van der Waals surface area contributed by atoms with Gasteiger partial charge < -0.3 is 0 Å². The second-order valence-corrected chi connectivity index (χ2v) is 12.9. The number of aromatic nitrogens is 4. The molecule has 3 heterocycles. The van der Waals surface area contributed by atoms with Crippen LogP contribution in [-0.4, -0.2) is 19.5 Å². The first-order valence-electron chi connectivity index (χ1n) is 17.2. The lowest BCUT2D eigenvalue weighted by molar-refractivity contribution is 1.10. The molecule has 238 valence electrons. The van der Waals surface area contributed by atoms with E-state index < -0.39 is 0 Å². The number of para-hydroxylation sites is 2. The summed E-state index contributed by atoms with van der Waals surface area (Å²) < 4.78 is 2.26. The molecular formula is C47H30N4. The van der Waals surface area contributed by atoms with Gasteiger partial charge in [0.1, 0.15) is 5.82 Å². The fourth-order valence-electron chi connectivity index (χ4n) is 7.33. The maximum Gasteiger partial charge on any atom is 0.145 e. The van der Waals surface area contributed by atoms with Crippen molar-refractivity contribution in [1.82, 2.24) is 19.5 Å². The van der Waals surface area contributed by atoms with Crippen LogP contribution in [-0.2, 0) is 0 Å². The van der Waals surface area contributed by atoms with E-state index in [1.807, 2.05) is 24.3 Å².